The number of hydrogen-bond donors (Lipinski definition) is 2. The molecule has 0 radical (unpaired) electrons. The quantitative estimate of drug-likeness (QED) is 0.688. The summed E-state index contributed by atoms with van der Waals surface area (Å²) in [5.41, 5.74) is 0.614. The van der Waals surface area contributed by atoms with Gasteiger partial charge in [0, 0.05) is 0 Å². The lowest BCUT2D eigenvalue weighted by Gasteiger charge is -2.09. The predicted molar refractivity (Wildman–Crippen MR) is 92.6 cm³/mol. The summed E-state index contributed by atoms with van der Waals surface area (Å²) in [7, 11) is -2.45. The smallest absolute Gasteiger partial charge is 0.335 e. The van der Waals surface area contributed by atoms with E-state index >= 15 is 0 Å². The summed E-state index contributed by atoms with van der Waals surface area (Å²) in [6.45, 7) is 1.82. The van der Waals surface area contributed by atoms with Gasteiger partial charge in [-0.1, -0.05) is 6.92 Å². The topological polar surface area (TPSA) is 114 Å². The van der Waals surface area contributed by atoms with Crippen molar-refractivity contribution in [2.24, 2.45) is 0 Å². The Morgan fingerprint density at radius 1 is 1.20 bits per heavy atom. The zero-order valence-electron chi connectivity index (χ0n) is 13.5. The molecule has 0 aliphatic carbocycles. The molecule has 3 aromatic rings. The second-order valence-electron chi connectivity index (χ2n) is 5.47. The Balaban J connectivity index is 2.48. The van der Waals surface area contributed by atoms with Gasteiger partial charge in [-0.15, -0.1) is 0 Å². The van der Waals surface area contributed by atoms with Gasteiger partial charge in [-0.25, -0.2) is 17.9 Å². The lowest BCUT2D eigenvalue weighted by Crippen LogP contribution is -2.19. The summed E-state index contributed by atoms with van der Waals surface area (Å²) in [4.78, 5) is 23.9. The van der Waals surface area contributed by atoms with E-state index in [0.29, 0.717) is 17.6 Å². The van der Waals surface area contributed by atoms with Crippen LogP contribution in [0.4, 0.5) is 0 Å². The summed E-state index contributed by atoms with van der Waals surface area (Å²) in [6, 6.07) is 6.73. The Morgan fingerprint density at radius 3 is 2.52 bits per heavy atom. The van der Waals surface area contributed by atoms with Crippen molar-refractivity contribution in [2.75, 3.05) is 7.05 Å². The number of sulfonamides is 1. The largest absolute Gasteiger partial charge is 0.478 e. The molecular weight excluding hydrogens is 346 g/mol. The maximum atomic E-state index is 12.8. The van der Waals surface area contributed by atoms with Gasteiger partial charge in [0.25, 0.3) is 0 Å². The summed E-state index contributed by atoms with van der Waals surface area (Å²) >= 11 is 0. The third-order valence-corrected chi connectivity index (χ3v) is 5.42. The van der Waals surface area contributed by atoms with Crippen molar-refractivity contribution in [3.8, 4) is 0 Å². The van der Waals surface area contributed by atoms with Crippen LogP contribution in [0.25, 0.3) is 21.9 Å². The van der Waals surface area contributed by atoms with Gasteiger partial charge in [0.2, 0.25) is 15.5 Å². The van der Waals surface area contributed by atoms with Crippen molar-refractivity contribution in [3.63, 3.8) is 0 Å². The molecule has 0 bridgehead atoms. The fourth-order valence-electron chi connectivity index (χ4n) is 2.67. The van der Waals surface area contributed by atoms with Crippen molar-refractivity contribution < 1.29 is 22.7 Å². The van der Waals surface area contributed by atoms with Crippen LogP contribution < -0.4 is 10.2 Å². The van der Waals surface area contributed by atoms with Crippen molar-refractivity contribution in [1.29, 1.82) is 0 Å². The van der Waals surface area contributed by atoms with E-state index in [0.717, 1.165) is 0 Å². The fourth-order valence-corrected chi connectivity index (χ4v) is 3.48. The van der Waals surface area contributed by atoms with Gasteiger partial charge in [-0.3, -0.25) is 4.79 Å². The average Bonchev–Trinajstić information content (AvgIpc) is 2.60. The first-order valence-electron chi connectivity index (χ1n) is 7.49. The van der Waals surface area contributed by atoms with Gasteiger partial charge < -0.3 is 9.52 Å². The van der Waals surface area contributed by atoms with Crippen LogP contribution in [-0.2, 0) is 16.4 Å². The number of rotatable bonds is 4. The van der Waals surface area contributed by atoms with Gasteiger partial charge in [0.05, 0.1) is 21.2 Å². The zero-order chi connectivity index (χ0) is 18.4. The fraction of sp³-hybridized carbons (Fsp3) is 0.176. The molecule has 1 heterocycles. The molecule has 0 unspecified atom stereocenters. The molecule has 8 heteroatoms. The molecule has 0 fully saturated rings. The van der Waals surface area contributed by atoms with Crippen LogP contribution >= 0.6 is 0 Å². The molecule has 2 aromatic carbocycles. The molecule has 0 saturated heterocycles. The number of aromatic carboxylic acids is 1. The number of carbonyl (C=O) groups is 1. The van der Waals surface area contributed by atoms with Crippen molar-refractivity contribution in [3.05, 3.63) is 51.7 Å². The number of nitrogens with one attached hydrogen (secondary N) is 1. The molecule has 0 aliphatic rings. The first kappa shape index (κ1) is 17.1. The first-order valence-corrected chi connectivity index (χ1v) is 8.97. The van der Waals surface area contributed by atoms with Crippen molar-refractivity contribution in [2.45, 2.75) is 18.2 Å². The molecule has 2 N–H and O–H groups in total. The molecule has 0 aliphatic heterocycles. The third-order valence-electron chi connectivity index (χ3n) is 4.03. The second kappa shape index (κ2) is 5.98. The lowest BCUT2D eigenvalue weighted by molar-refractivity contribution is 0.0697. The van der Waals surface area contributed by atoms with Gasteiger partial charge in [-0.05, 0) is 49.4 Å². The van der Waals surface area contributed by atoms with Crippen molar-refractivity contribution >= 4 is 37.9 Å². The molecule has 130 valence electrons. The van der Waals surface area contributed by atoms with E-state index in [1.807, 2.05) is 6.92 Å². The first-order chi connectivity index (χ1) is 11.8. The Morgan fingerprint density at radius 2 is 1.92 bits per heavy atom. The highest BCUT2D eigenvalue weighted by atomic mass is 32.2. The molecular formula is C17H15NO6S. The van der Waals surface area contributed by atoms with E-state index in [-0.39, 0.29) is 26.8 Å². The molecule has 1 aromatic heterocycles. The number of carboxylic acid groups (broad SMARTS) is 1. The second-order valence-corrected chi connectivity index (χ2v) is 7.35. The van der Waals surface area contributed by atoms with E-state index in [1.165, 1.54) is 37.4 Å². The summed E-state index contributed by atoms with van der Waals surface area (Å²) in [5, 5.41) is 9.28. The SMILES string of the molecule is CCc1cc(S(=O)(=O)NC)cc2c(=O)c3cc(C(=O)O)ccc3oc12. The minimum atomic E-state index is -3.74. The number of carboxylic acids is 1. The standard InChI is InChI=1S/C17H15NO6S/c1-3-9-6-11(25(22,23)18-2)8-13-15(19)12-7-10(17(20)21)4-5-14(12)24-16(9)13/h4-8,18H,3H2,1-2H3,(H,20,21). The van der Waals surface area contributed by atoms with Gasteiger partial charge in [0.1, 0.15) is 11.2 Å². The van der Waals surface area contributed by atoms with Crippen LogP contribution in [0.15, 0.2) is 44.4 Å². The van der Waals surface area contributed by atoms with Crippen LogP contribution in [0.5, 0.6) is 0 Å². The summed E-state index contributed by atoms with van der Waals surface area (Å²) < 4.78 is 32.2. The third kappa shape index (κ3) is 2.79. The van der Waals surface area contributed by atoms with Gasteiger partial charge in [0.15, 0.2) is 0 Å². The molecule has 3 rings (SSSR count). The minimum Gasteiger partial charge on any atom is -0.478 e. The van der Waals surface area contributed by atoms with Gasteiger partial charge in [-0.2, -0.15) is 0 Å². The van der Waals surface area contributed by atoms with Crippen LogP contribution in [0.3, 0.4) is 0 Å². The van der Waals surface area contributed by atoms with E-state index in [4.69, 9.17) is 9.52 Å². The highest BCUT2D eigenvalue weighted by Gasteiger charge is 2.19. The summed E-state index contributed by atoms with van der Waals surface area (Å²) in [5.74, 6) is -1.16. The lowest BCUT2D eigenvalue weighted by atomic mass is 10.1. The number of fused-ring (bicyclic) bond motifs is 2. The highest BCUT2D eigenvalue weighted by Crippen LogP contribution is 2.26. The zero-order valence-corrected chi connectivity index (χ0v) is 14.3. The van der Waals surface area contributed by atoms with E-state index in [9.17, 15) is 18.0 Å². The van der Waals surface area contributed by atoms with E-state index in [2.05, 4.69) is 4.72 Å². The molecule has 0 saturated carbocycles. The number of benzene rings is 2. The monoisotopic (exact) mass is 361 g/mol. The number of aryl methyl sites for hydroxylation is 1. The highest BCUT2D eigenvalue weighted by molar-refractivity contribution is 7.89. The minimum absolute atomic E-state index is 0.0413. The Bertz CT molecular complexity index is 1180. The van der Waals surface area contributed by atoms with Crippen LogP contribution in [0.2, 0.25) is 0 Å². The van der Waals surface area contributed by atoms with Crippen LogP contribution in [-0.4, -0.2) is 26.5 Å². The molecule has 0 spiro atoms. The molecule has 25 heavy (non-hydrogen) atoms. The maximum Gasteiger partial charge on any atom is 0.335 e. The molecule has 7 nitrogen and oxygen atoms in total. The Hall–Kier alpha value is -2.71. The normalized spacial score (nSPS) is 11.9. The predicted octanol–water partition coefficient (Wildman–Crippen LogP) is 2.11. The molecule has 0 atom stereocenters. The van der Waals surface area contributed by atoms with Crippen LogP contribution in [0.1, 0.15) is 22.8 Å². The molecule has 0 amide bonds. The average molecular weight is 361 g/mol. The Labute approximate surface area is 142 Å². The number of hydrogen-bond acceptors (Lipinski definition) is 5. The van der Waals surface area contributed by atoms with Gasteiger partial charge >= 0.3 is 5.97 Å². The van der Waals surface area contributed by atoms with Crippen molar-refractivity contribution in [1.82, 2.24) is 4.72 Å². The maximum absolute atomic E-state index is 12.8. The van der Waals surface area contributed by atoms with E-state index in [1.54, 1.807) is 0 Å². The van der Waals surface area contributed by atoms with Crippen LogP contribution in [0, 0.1) is 0 Å². The van der Waals surface area contributed by atoms with E-state index < -0.39 is 21.4 Å². The Kier molecular flexibility index (Phi) is 4.09. The summed E-state index contributed by atoms with van der Waals surface area (Å²) in [6.07, 6.45) is 0.464.